The van der Waals surface area contributed by atoms with Gasteiger partial charge in [0.15, 0.2) is 0 Å². The molecule has 0 saturated carbocycles. The van der Waals surface area contributed by atoms with E-state index in [9.17, 15) is 0 Å². The van der Waals surface area contributed by atoms with Crippen LogP contribution in [0.15, 0.2) is 200 Å². The fraction of sp³-hybridized carbons (Fsp3) is 0.123. The van der Waals surface area contributed by atoms with Gasteiger partial charge in [-0.2, -0.15) is 0 Å². The van der Waals surface area contributed by atoms with Gasteiger partial charge in [0.05, 0.1) is 27.8 Å². The lowest BCUT2D eigenvalue weighted by atomic mass is 9.85. The van der Waals surface area contributed by atoms with Crippen LogP contribution in [-0.2, 0) is 10.8 Å². The highest BCUT2D eigenvalue weighted by atomic mass is 15.1. The van der Waals surface area contributed by atoms with E-state index in [0.717, 1.165) is 39.2 Å². The van der Waals surface area contributed by atoms with Gasteiger partial charge in [0.1, 0.15) is 5.82 Å². The number of benzene rings is 11. The molecule has 0 aliphatic rings. The van der Waals surface area contributed by atoms with Crippen LogP contribution in [-0.4, -0.2) is 14.1 Å². The molecule has 0 amide bonds. The zero-order valence-corrected chi connectivity index (χ0v) is 39.4. The van der Waals surface area contributed by atoms with Crippen molar-refractivity contribution in [3.63, 3.8) is 0 Å². The first-order chi connectivity index (χ1) is 33.0. The van der Waals surface area contributed by atoms with Crippen LogP contribution in [0.4, 0.5) is 0 Å². The van der Waals surface area contributed by atoms with Crippen LogP contribution in [0.2, 0.25) is 0 Å². The third-order valence-electron chi connectivity index (χ3n) is 14.6. The molecule has 11 aromatic carbocycles. The summed E-state index contributed by atoms with van der Waals surface area (Å²) in [5.41, 5.74) is 13.0. The van der Waals surface area contributed by atoms with Crippen molar-refractivity contribution in [1.29, 1.82) is 0 Å². The van der Waals surface area contributed by atoms with Gasteiger partial charge in [-0.15, -0.1) is 0 Å². The Morgan fingerprint density at radius 1 is 0.368 bits per heavy atom. The molecule has 2 heterocycles. The number of fused-ring (bicyclic) bond motifs is 12. The second-order valence-corrected chi connectivity index (χ2v) is 20.8. The summed E-state index contributed by atoms with van der Waals surface area (Å²) in [5, 5.41) is 14.7. The normalized spacial score (nSPS) is 12.6. The van der Waals surface area contributed by atoms with E-state index in [1.165, 1.54) is 92.5 Å². The molecule has 0 unspecified atom stereocenters. The first kappa shape index (κ1) is 40.3. The maximum Gasteiger partial charge on any atom is 0.145 e. The lowest BCUT2D eigenvalue weighted by molar-refractivity contribution is 0.590. The summed E-state index contributed by atoms with van der Waals surface area (Å²) in [6.45, 7) is 13.8. The van der Waals surface area contributed by atoms with Crippen molar-refractivity contribution in [2.45, 2.75) is 52.4 Å². The highest BCUT2D eigenvalue weighted by Crippen LogP contribution is 2.45. The summed E-state index contributed by atoms with van der Waals surface area (Å²) in [5.74, 6) is 0.911. The smallest absolute Gasteiger partial charge is 0.145 e. The average Bonchev–Trinajstić information content (AvgIpc) is 3.92. The fourth-order valence-corrected chi connectivity index (χ4v) is 11.1. The van der Waals surface area contributed by atoms with E-state index < -0.39 is 0 Å². The molecule has 0 aliphatic carbocycles. The minimum absolute atomic E-state index is 0.0317. The van der Waals surface area contributed by atoms with Gasteiger partial charge in [-0.25, -0.2) is 4.98 Å². The Hall–Kier alpha value is -8.01. The van der Waals surface area contributed by atoms with E-state index in [-0.39, 0.29) is 10.8 Å². The van der Waals surface area contributed by atoms with Crippen molar-refractivity contribution in [2.75, 3.05) is 0 Å². The molecule has 3 nitrogen and oxygen atoms in total. The van der Waals surface area contributed by atoms with Gasteiger partial charge in [0, 0.05) is 38.2 Å². The zero-order chi connectivity index (χ0) is 46.1. The molecular weight excluding hydrogens is 823 g/mol. The predicted octanol–water partition coefficient (Wildman–Crippen LogP) is 17.8. The lowest BCUT2D eigenvalue weighted by Gasteiger charge is -2.19. The van der Waals surface area contributed by atoms with Gasteiger partial charge in [0.2, 0.25) is 0 Å². The van der Waals surface area contributed by atoms with E-state index in [2.05, 4.69) is 251 Å². The monoisotopic (exact) mass is 873 g/mol. The highest BCUT2D eigenvalue weighted by Gasteiger charge is 2.25. The van der Waals surface area contributed by atoms with Crippen LogP contribution < -0.4 is 0 Å². The number of aromatic nitrogens is 3. The van der Waals surface area contributed by atoms with Gasteiger partial charge in [-0.05, 0) is 131 Å². The molecule has 0 aliphatic heterocycles. The molecular formula is C65H51N3. The highest BCUT2D eigenvalue weighted by molar-refractivity contribution is 6.25. The van der Waals surface area contributed by atoms with Crippen molar-refractivity contribution in [3.8, 4) is 33.9 Å². The van der Waals surface area contributed by atoms with E-state index in [1.807, 2.05) is 0 Å². The van der Waals surface area contributed by atoms with Crippen molar-refractivity contribution >= 4 is 86.7 Å². The van der Waals surface area contributed by atoms with Crippen LogP contribution in [0.1, 0.15) is 52.7 Å². The quantitative estimate of drug-likeness (QED) is 0.128. The van der Waals surface area contributed by atoms with Crippen LogP contribution >= 0.6 is 0 Å². The summed E-state index contributed by atoms with van der Waals surface area (Å²) in [4.78, 5) is 5.72. The van der Waals surface area contributed by atoms with Crippen LogP contribution in [0, 0.1) is 0 Å². The summed E-state index contributed by atoms with van der Waals surface area (Å²) < 4.78 is 4.90. The average molecular weight is 874 g/mol. The molecule has 2 aromatic heterocycles. The van der Waals surface area contributed by atoms with Gasteiger partial charge >= 0.3 is 0 Å². The zero-order valence-electron chi connectivity index (χ0n) is 39.4. The van der Waals surface area contributed by atoms with E-state index in [1.54, 1.807) is 0 Å². The molecule has 13 rings (SSSR count). The van der Waals surface area contributed by atoms with Crippen molar-refractivity contribution < 1.29 is 0 Å². The molecule has 68 heavy (non-hydrogen) atoms. The number of imidazole rings is 1. The number of nitrogens with zero attached hydrogens (tertiary/aromatic N) is 3. The number of rotatable bonds is 4. The Kier molecular flexibility index (Phi) is 8.73. The summed E-state index contributed by atoms with van der Waals surface area (Å²) in [6.07, 6.45) is 0. The Bertz CT molecular complexity index is 4080. The number of hydrogen-bond donors (Lipinski definition) is 0. The SMILES string of the molecule is CC(C)(C)c1ccc2c(c1)c1cc(C(C)(C)C)ccc1n2-c1ccc(-c2nc3c4ccccc4c4ccccc4c3n2-c2ccc(-c3c4ccccc4cc4ccccc34)c3ccccc23)cc1. The fourth-order valence-electron chi connectivity index (χ4n) is 11.1. The Morgan fingerprint density at radius 2 is 0.853 bits per heavy atom. The number of hydrogen-bond acceptors (Lipinski definition) is 1. The Morgan fingerprint density at radius 3 is 1.43 bits per heavy atom. The van der Waals surface area contributed by atoms with Crippen molar-refractivity contribution in [3.05, 3.63) is 211 Å². The standard InChI is InChI=1S/C65H51N3/c1-64(2,3)43-29-34-58-55(38-43)56-39-44(65(4,5)6)30-35-59(56)67(58)45-31-27-40(28-32-45)63-66-61-53-25-15-12-21-48(53)49-22-13-16-26-54(49)62(61)68(63)57-36-33-52(50-23-11-14-24-51(50)57)60-46-19-9-7-17-41(46)37-42-18-8-10-20-47(42)60/h7-39H,1-6H3. The summed E-state index contributed by atoms with van der Waals surface area (Å²) >= 11 is 0. The van der Waals surface area contributed by atoms with E-state index in [0.29, 0.717) is 0 Å². The van der Waals surface area contributed by atoms with Crippen LogP contribution in [0.3, 0.4) is 0 Å². The van der Waals surface area contributed by atoms with Crippen LogP contribution in [0.5, 0.6) is 0 Å². The van der Waals surface area contributed by atoms with Crippen molar-refractivity contribution in [2.24, 2.45) is 0 Å². The van der Waals surface area contributed by atoms with Gasteiger partial charge in [0.25, 0.3) is 0 Å². The second kappa shape index (κ2) is 14.7. The molecule has 0 spiro atoms. The van der Waals surface area contributed by atoms with Gasteiger partial charge < -0.3 is 4.57 Å². The summed E-state index contributed by atoms with van der Waals surface area (Å²) in [7, 11) is 0. The molecule has 0 radical (unpaired) electrons. The Labute approximate surface area is 396 Å². The maximum atomic E-state index is 5.72. The van der Waals surface area contributed by atoms with Gasteiger partial charge in [-0.1, -0.05) is 181 Å². The van der Waals surface area contributed by atoms with E-state index in [4.69, 9.17) is 4.98 Å². The molecule has 0 fully saturated rings. The molecule has 0 saturated heterocycles. The van der Waals surface area contributed by atoms with Crippen LogP contribution in [0.25, 0.3) is 121 Å². The predicted molar refractivity (Wildman–Crippen MR) is 291 cm³/mol. The lowest BCUT2D eigenvalue weighted by Crippen LogP contribution is -2.10. The molecule has 3 heteroatoms. The first-order valence-electron chi connectivity index (χ1n) is 24.0. The molecule has 0 N–H and O–H groups in total. The first-order valence-corrected chi connectivity index (χ1v) is 24.0. The second-order valence-electron chi connectivity index (χ2n) is 20.8. The Balaban J connectivity index is 1.07. The topological polar surface area (TPSA) is 22.8 Å². The molecule has 326 valence electrons. The summed E-state index contributed by atoms with van der Waals surface area (Å²) in [6, 6.07) is 74.4. The third kappa shape index (κ3) is 6.08. The molecule has 13 aromatic rings. The maximum absolute atomic E-state index is 5.72. The largest absolute Gasteiger partial charge is 0.309 e. The van der Waals surface area contributed by atoms with Crippen molar-refractivity contribution in [1.82, 2.24) is 14.1 Å². The van der Waals surface area contributed by atoms with E-state index >= 15 is 0 Å². The van der Waals surface area contributed by atoms with Gasteiger partial charge in [-0.3, -0.25) is 4.57 Å². The minimum Gasteiger partial charge on any atom is -0.309 e. The molecule has 0 bridgehead atoms. The third-order valence-corrected chi connectivity index (χ3v) is 14.6. The minimum atomic E-state index is 0.0317. The molecule has 0 atom stereocenters.